The standard InChI is InChI=1S/C14H21BrN2O2/c1-2-6-19-13-4-3-5-17(9-13)14-11(10-18)7-12(15)8-16-14/h7-8,13,18H,2-6,9-10H2,1H3. The van der Waals surface area contributed by atoms with Gasteiger partial charge < -0.3 is 14.7 Å². The molecule has 0 bridgehead atoms. The lowest BCUT2D eigenvalue weighted by molar-refractivity contribution is 0.0438. The highest BCUT2D eigenvalue weighted by molar-refractivity contribution is 9.10. The van der Waals surface area contributed by atoms with Crippen molar-refractivity contribution in [2.45, 2.75) is 38.9 Å². The molecule has 1 saturated heterocycles. The second-order valence-corrected chi connectivity index (χ2v) is 5.79. The number of halogens is 1. The van der Waals surface area contributed by atoms with Gasteiger partial charge in [0.1, 0.15) is 5.82 Å². The molecule has 1 atom stereocenters. The smallest absolute Gasteiger partial charge is 0.134 e. The maximum absolute atomic E-state index is 9.46. The Kier molecular flexibility index (Phi) is 5.60. The fourth-order valence-corrected chi connectivity index (χ4v) is 2.80. The largest absolute Gasteiger partial charge is 0.392 e. The number of nitrogens with zero attached hydrogens (tertiary/aromatic N) is 2. The minimum Gasteiger partial charge on any atom is -0.392 e. The normalized spacial score (nSPS) is 19.7. The van der Waals surface area contributed by atoms with Crippen LogP contribution in [0.25, 0.3) is 0 Å². The molecule has 2 heterocycles. The first-order valence-electron chi connectivity index (χ1n) is 6.86. The molecule has 2 rings (SSSR count). The average molecular weight is 329 g/mol. The molecule has 0 radical (unpaired) electrons. The molecule has 1 aliphatic rings. The third-order valence-electron chi connectivity index (χ3n) is 3.32. The first-order valence-corrected chi connectivity index (χ1v) is 7.65. The van der Waals surface area contributed by atoms with Crippen LogP contribution in [-0.2, 0) is 11.3 Å². The summed E-state index contributed by atoms with van der Waals surface area (Å²) in [5.74, 6) is 0.885. The number of aliphatic hydroxyl groups is 1. The quantitative estimate of drug-likeness (QED) is 0.902. The fraction of sp³-hybridized carbons (Fsp3) is 0.643. The summed E-state index contributed by atoms with van der Waals surface area (Å²) in [6, 6.07) is 1.93. The maximum Gasteiger partial charge on any atom is 0.134 e. The summed E-state index contributed by atoms with van der Waals surface area (Å²) < 4.78 is 6.74. The third-order valence-corrected chi connectivity index (χ3v) is 3.75. The Bertz CT molecular complexity index is 414. The number of pyridine rings is 1. The van der Waals surface area contributed by atoms with Crippen molar-refractivity contribution < 1.29 is 9.84 Å². The summed E-state index contributed by atoms with van der Waals surface area (Å²) in [6.07, 6.45) is 5.34. The van der Waals surface area contributed by atoms with Gasteiger partial charge in [-0.3, -0.25) is 0 Å². The molecule has 0 saturated carbocycles. The van der Waals surface area contributed by atoms with Gasteiger partial charge in [-0.05, 0) is 41.3 Å². The number of hydrogen-bond donors (Lipinski definition) is 1. The molecule has 4 nitrogen and oxygen atoms in total. The maximum atomic E-state index is 9.46. The van der Waals surface area contributed by atoms with E-state index in [9.17, 15) is 5.11 Å². The topological polar surface area (TPSA) is 45.6 Å². The van der Waals surface area contributed by atoms with Crippen LogP contribution < -0.4 is 4.90 Å². The van der Waals surface area contributed by atoms with E-state index in [1.54, 1.807) is 6.20 Å². The molecule has 0 aromatic carbocycles. The molecular weight excluding hydrogens is 308 g/mol. The van der Waals surface area contributed by atoms with E-state index >= 15 is 0 Å². The number of piperidine rings is 1. The zero-order valence-corrected chi connectivity index (χ0v) is 12.9. The first-order chi connectivity index (χ1) is 9.24. The van der Waals surface area contributed by atoms with E-state index in [2.05, 4.69) is 32.7 Å². The molecule has 106 valence electrons. The monoisotopic (exact) mass is 328 g/mol. The molecule has 1 aromatic rings. The van der Waals surface area contributed by atoms with Crippen LogP contribution >= 0.6 is 15.9 Å². The van der Waals surface area contributed by atoms with Gasteiger partial charge in [-0.1, -0.05) is 6.92 Å². The summed E-state index contributed by atoms with van der Waals surface area (Å²) in [5, 5.41) is 9.46. The number of rotatable bonds is 5. The van der Waals surface area contributed by atoms with Gasteiger partial charge in [0.15, 0.2) is 0 Å². The van der Waals surface area contributed by atoms with Crippen LogP contribution in [0.4, 0.5) is 5.82 Å². The minimum atomic E-state index is 0.0127. The second kappa shape index (κ2) is 7.22. The van der Waals surface area contributed by atoms with E-state index in [1.165, 1.54) is 0 Å². The van der Waals surface area contributed by atoms with Crippen molar-refractivity contribution in [1.82, 2.24) is 4.98 Å². The Morgan fingerprint density at radius 1 is 1.58 bits per heavy atom. The van der Waals surface area contributed by atoms with Gasteiger partial charge in [-0.15, -0.1) is 0 Å². The van der Waals surface area contributed by atoms with Gasteiger partial charge in [0.05, 0.1) is 12.7 Å². The van der Waals surface area contributed by atoms with Crippen molar-refractivity contribution in [3.63, 3.8) is 0 Å². The van der Waals surface area contributed by atoms with E-state index < -0.39 is 0 Å². The lowest BCUT2D eigenvalue weighted by Crippen LogP contribution is -2.40. The van der Waals surface area contributed by atoms with Crippen molar-refractivity contribution in [2.24, 2.45) is 0 Å². The van der Waals surface area contributed by atoms with E-state index in [-0.39, 0.29) is 12.7 Å². The predicted octanol–water partition coefficient (Wildman–Crippen LogP) is 2.73. The van der Waals surface area contributed by atoms with E-state index in [0.29, 0.717) is 0 Å². The van der Waals surface area contributed by atoms with Crippen molar-refractivity contribution in [1.29, 1.82) is 0 Å². The summed E-state index contributed by atoms with van der Waals surface area (Å²) in [6.45, 7) is 4.80. The van der Waals surface area contributed by atoms with E-state index in [4.69, 9.17) is 4.74 Å². The highest BCUT2D eigenvalue weighted by atomic mass is 79.9. The summed E-state index contributed by atoms with van der Waals surface area (Å²) in [7, 11) is 0. The Hall–Kier alpha value is -0.650. The molecule has 0 spiro atoms. The summed E-state index contributed by atoms with van der Waals surface area (Å²) in [4.78, 5) is 6.67. The van der Waals surface area contributed by atoms with Crippen LogP contribution in [0.3, 0.4) is 0 Å². The van der Waals surface area contributed by atoms with Gasteiger partial charge in [0.2, 0.25) is 0 Å². The van der Waals surface area contributed by atoms with Crippen LogP contribution in [0.5, 0.6) is 0 Å². The Morgan fingerprint density at radius 3 is 3.16 bits per heavy atom. The number of hydrogen-bond acceptors (Lipinski definition) is 4. The van der Waals surface area contributed by atoms with Crippen LogP contribution in [0.1, 0.15) is 31.7 Å². The molecule has 1 N–H and O–H groups in total. The average Bonchev–Trinajstić information content (AvgIpc) is 2.45. The van der Waals surface area contributed by atoms with Gasteiger partial charge in [0.25, 0.3) is 0 Å². The lowest BCUT2D eigenvalue weighted by atomic mass is 10.1. The lowest BCUT2D eigenvalue weighted by Gasteiger charge is -2.34. The first kappa shape index (κ1) is 14.8. The second-order valence-electron chi connectivity index (χ2n) is 4.88. The minimum absolute atomic E-state index is 0.0127. The van der Waals surface area contributed by atoms with Gasteiger partial charge >= 0.3 is 0 Å². The summed E-state index contributed by atoms with van der Waals surface area (Å²) in [5.41, 5.74) is 0.866. The zero-order chi connectivity index (χ0) is 13.7. The highest BCUT2D eigenvalue weighted by Crippen LogP contribution is 2.25. The molecule has 19 heavy (non-hydrogen) atoms. The fourth-order valence-electron chi connectivity index (χ4n) is 2.43. The van der Waals surface area contributed by atoms with Crippen molar-refractivity contribution in [3.05, 3.63) is 22.3 Å². The predicted molar refractivity (Wildman–Crippen MR) is 79.3 cm³/mol. The van der Waals surface area contributed by atoms with Gasteiger partial charge in [0, 0.05) is 35.9 Å². The molecule has 1 fully saturated rings. The SMILES string of the molecule is CCCOC1CCCN(c2ncc(Br)cc2CO)C1. The Morgan fingerprint density at radius 2 is 2.42 bits per heavy atom. The van der Waals surface area contributed by atoms with Crippen LogP contribution in [0.15, 0.2) is 16.7 Å². The van der Waals surface area contributed by atoms with Crippen LogP contribution in [0.2, 0.25) is 0 Å². The molecule has 1 aromatic heterocycles. The third kappa shape index (κ3) is 3.91. The van der Waals surface area contributed by atoms with Gasteiger partial charge in [-0.25, -0.2) is 4.98 Å². The molecule has 0 amide bonds. The Labute approximate surface area is 122 Å². The molecule has 1 aliphatic heterocycles. The molecular formula is C14H21BrN2O2. The summed E-state index contributed by atoms with van der Waals surface area (Å²) >= 11 is 3.39. The van der Waals surface area contributed by atoms with E-state index in [0.717, 1.165) is 54.8 Å². The van der Waals surface area contributed by atoms with Gasteiger partial charge in [-0.2, -0.15) is 0 Å². The highest BCUT2D eigenvalue weighted by Gasteiger charge is 2.22. The van der Waals surface area contributed by atoms with E-state index in [1.807, 2.05) is 6.07 Å². The number of aliphatic hydroxyl groups excluding tert-OH is 1. The Balaban J connectivity index is 2.08. The molecule has 1 unspecified atom stereocenters. The molecule has 0 aliphatic carbocycles. The zero-order valence-electron chi connectivity index (χ0n) is 11.3. The van der Waals surface area contributed by atoms with Crippen LogP contribution in [-0.4, -0.2) is 35.9 Å². The number of ether oxygens (including phenoxy) is 1. The van der Waals surface area contributed by atoms with Crippen LogP contribution in [0, 0.1) is 0 Å². The number of anilines is 1. The van der Waals surface area contributed by atoms with Crippen molar-refractivity contribution in [2.75, 3.05) is 24.6 Å². The number of aromatic nitrogens is 1. The molecule has 5 heteroatoms. The van der Waals surface area contributed by atoms with Crippen molar-refractivity contribution in [3.8, 4) is 0 Å². The van der Waals surface area contributed by atoms with Crippen molar-refractivity contribution >= 4 is 21.7 Å².